The Morgan fingerprint density at radius 2 is 1.26 bits per heavy atom. The van der Waals surface area contributed by atoms with Crippen LogP contribution in [0.2, 0.25) is 0 Å². The zero-order valence-corrected chi connectivity index (χ0v) is 14.0. The van der Waals surface area contributed by atoms with Crippen molar-refractivity contribution < 1.29 is 0 Å². The molecule has 0 aromatic heterocycles. The summed E-state index contributed by atoms with van der Waals surface area (Å²) < 4.78 is 0. The Balaban J connectivity index is 3.45. The molecule has 19 heavy (non-hydrogen) atoms. The molecule has 0 N–H and O–H groups in total. The van der Waals surface area contributed by atoms with Gasteiger partial charge >= 0.3 is 0 Å². The molecule has 0 unspecified atom stereocenters. The van der Waals surface area contributed by atoms with E-state index in [4.69, 9.17) is 0 Å². The summed E-state index contributed by atoms with van der Waals surface area (Å²) in [6.45, 7) is 18.3. The number of hydrogen-bond donors (Lipinski definition) is 0. The van der Waals surface area contributed by atoms with Crippen LogP contribution in [0.3, 0.4) is 0 Å². The van der Waals surface area contributed by atoms with Gasteiger partial charge in [0.15, 0.2) is 0 Å². The van der Waals surface area contributed by atoms with E-state index in [-0.39, 0.29) is 0 Å². The van der Waals surface area contributed by atoms with Gasteiger partial charge in [0, 0.05) is 17.8 Å². The molecule has 0 heterocycles. The van der Waals surface area contributed by atoms with Crippen LogP contribution < -0.4 is 4.90 Å². The normalized spacial score (nSPS) is 12.0. The maximum atomic E-state index is 2.54. The summed E-state index contributed by atoms with van der Waals surface area (Å²) in [4.78, 5) is 2.54. The summed E-state index contributed by atoms with van der Waals surface area (Å²) in [5.41, 5.74) is 4.45. The van der Waals surface area contributed by atoms with Gasteiger partial charge in [0.2, 0.25) is 0 Å². The number of hydrogen-bond acceptors (Lipinski definition) is 1. The highest BCUT2D eigenvalue weighted by Gasteiger charge is 2.21. The molecule has 1 heteroatoms. The van der Waals surface area contributed by atoms with Crippen LogP contribution in [0.25, 0.3) is 0 Å². The molecule has 0 bridgehead atoms. The molecule has 0 fully saturated rings. The van der Waals surface area contributed by atoms with Gasteiger partial charge in [0.1, 0.15) is 0 Å². The lowest BCUT2D eigenvalue weighted by Gasteiger charge is -2.36. The highest BCUT2D eigenvalue weighted by Crippen LogP contribution is 2.36. The number of benzene rings is 1. The second-order valence-electron chi connectivity index (χ2n) is 6.68. The van der Waals surface area contributed by atoms with E-state index in [2.05, 4.69) is 78.5 Å². The van der Waals surface area contributed by atoms with E-state index < -0.39 is 0 Å². The van der Waals surface area contributed by atoms with Crippen LogP contribution in [0.1, 0.15) is 78.4 Å². The van der Waals surface area contributed by atoms with E-state index in [1.54, 1.807) is 0 Å². The standard InChI is InChI=1S/C18H31N/c1-12(2)16-10-9-11-17(18(16)13(3)4)19(14(5)6)15(7)8/h9-15H,1-8H3. The van der Waals surface area contributed by atoms with Crippen molar-refractivity contribution in [2.45, 2.75) is 79.3 Å². The van der Waals surface area contributed by atoms with Crippen LogP contribution >= 0.6 is 0 Å². The summed E-state index contributed by atoms with van der Waals surface area (Å²) in [6, 6.07) is 7.86. The van der Waals surface area contributed by atoms with E-state index in [0.29, 0.717) is 23.9 Å². The molecule has 0 amide bonds. The average molecular weight is 261 g/mol. The molecule has 108 valence electrons. The Kier molecular flexibility index (Phi) is 5.46. The molecule has 0 radical (unpaired) electrons. The second-order valence-corrected chi connectivity index (χ2v) is 6.68. The van der Waals surface area contributed by atoms with Crippen molar-refractivity contribution in [2.24, 2.45) is 0 Å². The van der Waals surface area contributed by atoms with E-state index in [1.165, 1.54) is 16.8 Å². The summed E-state index contributed by atoms with van der Waals surface area (Å²) >= 11 is 0. The van der Waals surface area contributed by atoms with E-state index in [1.807, 2.05) is 0 Å². The Morgan fingerprint density at radius 3 is 1.63 bits per heavy atom. The van der Waals surface area contributed by atoms with Crippen LogP contribution in [0.15, 0.2) is 18.2 Å². The number of rotatable bonds is 5. The van der Waals surface area contributed by atoms with Gasteiger partial charge in [0.05, 0.1) is 0 Å². The molecule has 0 saturated carbocycles. The third-order valence-electron chi connectivity index (χ3n) is 3.71. The fourth-order valence-corrected chi connectivity index (χ4v) is 3.08. The molecular weight excluding hydrogens is 230 g/mol. The van der Waals surface area contributed by atoms with Crippen LogP contribution in [-0.2, 0) is 0 Å². The van der Waals surface area contributed by atoms with Crippen molar-refractivity contribution in [1.29, 1.82) is 0 Å². The van der Waals surface area contributed by atoms with Crippen molar-refractivity contribution in [3.8, 4) is 0 Å². The Labute approximate surface area is 120 Å². The topological polar surface area (TPSA) is 3.24 Å². The van der Waals surface area contributed by atoms with E-state index in [0.717, 1.165) is 0 Å². The average Bonchev–Trinajstić information content (AvgIpc) is 2.27. The Hall–Kier alpha value is -0.980. The van der Waals surface area contributed by atoms with Crippen LogP contribution in [0, 0.1) is 0 Å². The molecule has 0 aliphatic carbocycles. The smallest absolute Gasteiger partial charge is 0.0408 e. The van der Waals surface area contributed by atoms with Gasteiger partial charge < -0.3 is 4.90 Å². The summed E-state index contributed by atoms with van der Waals surface area (Å²) in [5.74, 6) is 1.15. The zero-order chi connectivity index (χ0) is 14.7. The highest BCUT2D eigenvalue weighted by atomic mass is 15.2. The zero-order valence-electron chi connectivity index (χ0n) is 14.0. The quantitative estimate of drug-likeness (QED) is 0.671. The van der Waals surface area contributed by atoms with Crippen molar-refractivity contribution in [3.05, 3.63) is 29.3 Å². The fourth-order valence-electron chi connectivity index (χ4n) is 3.08. The highest BCUT2D eigenvalue weighted by molar-refractivity contribution is 5.60. The number of anilines is 1. The summed E-state index contributed by atoms with van der Waals surface area (Å²) in [7, 11) is 0. The van der Waals surface area contributed by atoms with Gasteiger partial charge in [-0.15, -0.1) is 0 Å². The van der Waals surface area contributed by atoms with Gasteiger partial charge in [0.25, 0.3) is 0 Å². The lowest BCUT2D eigenvalue weighted by molar-refractivity contribution is 0.601. The predicted octanol–water partition coefficient (Wildman–Crippen LogP) is 5.56. The largest absolute Gasteiger partial charge is 0.366 e. The van der Waals surface area contributed by atoms with Crippen molar-refractivity contribution in [3.63, 3.8) is 0 Å². The summed E-state index contributed by atoms with van der Waals surface area (Å²) in [5, 5.41) is 0. The maximum Gasteiger partial charge on any atom is 0.0408 e. The first kappa shape index (κ1) is 16.1. The monoisotopic (exact) mass is 261 g/mol. The minimum absolute atomic E-state index is 0.528. The minimum atomic E-state index is 0.528. The first-order valence-corrected chi connectivity index (χ1v) is 7.68. The third-order valence-corrected chi connectivity index (χ3v) is 3.71. The molecule has 0 aliphatic rings. The van der Waals surface area contributed by atoms with Gasteiger partial charge in [-0.3, -0.25) is 0 Å². The van der Waals surface area contributed by atoms with Crippen LogP contribution in [0.4, 0.5) is 5.69 Å². The Morgan fingerprint density at radius 1 is 0.737 bits per heavy atom. The van der Waals surface area contributed by atoms with Crippen LogP contribution in [0.5, 0.6) is 0 Å². The lowest BCUT2D eigenvalue weighted by atomic mass is 9.88. The van der Waals surface area contributed by atoms with Crippen molar-refractivity contribution in [2.75, 3.05) is 4.90 Å². The SMILES string of the molecule is CC(C)c1cccc(N(C(C)C)C(C)C)c1C(C)C. The number of nitrogens with zero attached hydrogens (tertiary/aromatic N) is 1. The molecule has 1 aromatic rings. The van der Waals surface area contributed by atoms with E-state index in [9.17, 15) is 0 Å². The molecular formula is C18H31N. The predicted molar refractivity (Wildman–Crippen MR) is 87.4 cm³/mol. The first-order valence-electron chi connectivity index (χ1n) is 7.68. The molecule has 1 nitrogen and oxygen atoms in total. The minimum Gasteiger partial charge on any atom is -0.366 e. The summed E-state index contributed by atoms with van der Waals surface area (Å²) in [6.07, 6.45) is 0. The van der Waals surface area contributed by atoms with Gasteiger partial charge in [-0.05, 0) is 56.7 Å². The third kappa shape index (κ3) is 3.52. The second kappa shape index (κ2) is 6.45. The molecule has 0 atom stereocenters. The molecule has 1 rings (SSSR count). The van der Waals surface area contributed by atoms with Gasteiger partial charge in [-0.2, -0.15) is 0 Å². The molecule has 0 saturated heterocycles. The molecule has 1 aromatic carbocycles. The van der Waals surface area contributed by atoms with Gasteiger partial charge in [-0.1, -0.05) is 39.8 Å². The first-order chi connectivity index (χ1) is 8.77. The van der Waals surface area contributed by atoms with E-state index >= 15 is 0 Å². The molecule has 0 spiro atoms. The molecule has 0 aliphatic heterocycles. The fraction of sp³-hybridized carbons (Fsp3) is 0.667. The van der Waals surface area contributed by atoms with Crippen molar-refractivity contribution in [1.82, 2.24) is 0 Å². The van der Waals surface area contributed by atoms with Crippen molar-refractivity contribution >= 4 is 5.69 Å². The van der Waals surface area contributed by atoms with Gasteiger partial charge in [-0.25, -0.2) is 0 Å². The Bertz CT molecular complexity index is 394. The lowest BCUT2D eigenvalue weighted by Crippen LogP contribution is -2.38. The maximum absolute atomic E-state index is 2.54. The van der Waals surface area contributed by atoms with Crippen LogP contribution in [-0.4, -0.2) is 12.1 Å².